The summed E-state index contributed by atoms with van der Waals surface area (Å²) in [6.45, 7) is -0.398. The van der Waals surface area contributed by atoms with Crippen LogP contribution in [0.5, 0.6) is 0 Å². The lowest BCUT2D eigenvalue weighted by molar-refractivity contribution is -0.135. The van der Waals surface area contributed by atoms with Crippen molar-refractivity contribution < 1.29 is 14.7 Å². The SMILES string of the molecule is O=C(O)CNC(=O)c1ccc(-c2cnccn2)cc1. The van der Waals surface area contributed by atoms with Gasteiger partial charge in [-0.25, -0.2) is 0 Å². The van der Waals surface area contributed by atoms with Crippen LogP contribution in [0.15, 0.2) is 42.9 Å². The molecule has 1 amide bonds. The zero-order valence-electron chi connectivity index (χ0n) is 9.91. The van der Waals surface area contributed by atoms with Gasteiger partial charge < -0.3 is 10.4 Å². The van der Waals surface area contributed by atoms with E-state index in [-0.39, 0.29) is 0 Å². The number of carbonyl (C=O) groups excluding carboxylic acids is 1. The Bertz CT molecular complexity index is 582. The molecule has 6 heteroatoms. The average molecular weight is 257 g/mol. The van der Waals surface area contributed by atoms with Crippen LogP contribution in [0, 0.1) is 0 Å². The van der Waals surface area contributed by atoms with E-state index in [4.69, 9.17) is 5.11 Å². The predicted octanol–water partition coefficient (Wildman–Crippen LogP) is 0.958. The van der Waals surface area contributed by atoms with Crippen molar-refractivity contribution in [1.29, 1.82) is 0 Å². The van der Waals surface area contributed by atoms with Crippen LogP contribution in [0.1, 0.15) is 10.4 Å². The maximum absolute atomic E-state index is 11.6. The van der Waals surface area contributed by atoms with Gasteiger partial charge in [-0.3, -0.25) is 19.6 Å². The molecule has 0 aliphatic rings. The second-order valence-corrected chi connectivity index (χ2v) is 3.74. The van der Waals surface area contributed by atoms with Gasteiger partial charge >= 0.3 is 5.97 Å². The Hall–Kier alpha value is -2.76. The van der Waals surface area contributed by atoms with Gasteiger partial charge in [0.1, 0.15) is 6.54 Å². The standard InChI is InChI=1S/C13H11N3O3/c17-12(18)8-16-13(19)10-3-1-9(2-4-10)11-7-14-5-6-15-11/h1-7H,8H2,(H,16,19)(H,17,18). The zero-order chi connectivity index (χ0) is 13.7. The van der Waals surface area contributed by atoms with Gasteiger partial charge in [0.15, 0.2) is 0 Å². The van der Waals surface area contributed by atoms with E-state index in [1.54, 1.807) is 42.9 Å². The first-order valence-electron chi connectivity index (χ1n) is 5.53. The molecule has 2 aromatic rings. The number of carbonyl (C=O) groups is 2. The van der Waals surface area contributed by atoms with Gasteiger partial charge in [0.2, 0.25) is 0 Å². The van der Waals surface area contributed by atoms with Gasteiger partial charge in [-0.05, 0) is 12.1 Å². The highest BCUT2D eigenvalue weighted by Gasteiger charge is 2.07. The largest absolute Gasteiger partial charge is 0.480 e. The van der Waals surface area contributed by atoms with E-state index in [1.165, 1.54) is 0 Å². The van der Waals surface area contributed by atoms with Gasteiger partial charge in [0.25, 0.3) is 5.91 Å². The first-order valence-corrected chi connectivity index (χ1v) is 5.53. The van der Waals surface area contributed by atoms with E-state index in [0.717, 1.165) is 5.56 Å². The number of aliphatic carboxylic acids is 1. The third-order valence-electron chi connectivity index (χ3n) is 2.41. The fourth-order valence-electron chi connectivity index (χ4n) is 1.50. The number of nitrogens with zero attached hydrogens (tertiary/aromatic N) is 2. The third kappa shape index (κ3) is 3.35. The molecule has 0 aliphatic carbocycles. The summed E-state index contributed by atoms with van der Waals surface area (Å²) >= 11 is 0. The van der Waals surface area contributed by atoms with Crippen LogP contribution in [0.3, 0.4) is 0 Å². The van der Waals surface area contributed by atoms with Crippen molar-refractivity contribution >= 4 is 11.9 Å². The normalized spacial score (nSPS) is 9.89. The maximum Gasteiger partial charge on any atom is 0.322 e. The highest BCUT2D eigenvalue weighted by molar-refractivity contribution is 5.96. The second kappa shape index (κ2) is 5.72. The number of nitrogens with one attached hydrogen (secondary N) is 1. The Morgan fingerprint density at radius 1 is 1.16 bits per heavy atom. The Balaban J connectivity index is 2.10. The van der Waals surface area contributed by atoms with E-state index >= 15 is 0 Å². The van der Waals surface area contributed by atoms with Gasteiger partial charge in [-0.1, -0.05) is 12.1 Å². The van der Waals surface area contributed by atoms with E-state index in [0.29, 0.717) is 11.3 Å². The van der Waals surface area contributed by atoms with Crippen molar-refractivity contribution in [3.05, 3.63) is 48.4 Å². The minimum Gasteiger partial charge on any atom is -0.480 e. The molecule has 0 saturated carbocycles. The number of hydrogen-bond acceptors (Lipinski definition) is 4. The number of amides is 1. The lowest BCUT2D eigenvalue weighted by atomic mass is 10.1. The summed E-state index contributed by atoms with van der Waals surface area (Å²) in [6, 6.07) is 6.70. The molecule has 6 nitrogen and oxygen atoms in total. The summed E-state index contributed by atoms with van der Waals surface area (Å²) in [5, 5.41) is 10.8. The third-order valence-corrected chi connectivity index (χ3v) is 2.41. The van der Waals surface area contributed by atoms with Crippen molar-refractivity contribution in [2.45, 2.75) is 0 Å². The molecule has 1 heterocycles. The fourth-order valence-corrected chi connectivity index (χ4v) is 1.50. The highest BCUT2D eigenvalue weighted by atomic mass is 16.4. The average Bonchev–Trinajstić information content (AvgIpc) is 2.46. The van der Waals surface area contributed by atoms with Crippen molar-refractivity contribution in [1.82, 2.24) is 15.3 Å². The molecule has 0 bridgehead atoms. The number of benzene rings is 1. The minimum atomic E-state index is -1.08. The van der Waals surface area contributed by atoms with Crippen LogP contribution in [0.4, 0.5) is 0 Å². The first kappa shape index (κ1) is 12.7. The van der Waals surface area contributed by atoms with Crippen molar-refractivity contribution in [2.75, 3.05) is 6.54 Å². The van der Waals surface area contributed by atoms with Gasteiger partial charge in [-0.2, -0.15) is 0 Å². The summed E-state index contributed by atoms with van der Waals surface area (Å²) in [4.78, 5) is 30.0. The van der Waals surface area contributed by atoms with E-state index < -0.39 is 18.4 Å². The van der Waals surface area contributed by atoms with Crippen molar-refractivity contribution in [3.63, 3.8) is 0 Å². The lowest BCUT2D eigenvalue weighted by Gasteiger charge is -2.04. The molecule has 2 N–H and O–H groups in total. The quantitative estimate of drug-likeness (QED) is 0.851. The lowest BCUT2D eigenvalue weighted by Crippen LogP contribution is -2.29. The molecule has 96 valence electrons. The Morgan fingerprint density at radius 2 is 1.89 bits per heavy atom. The Morgan fingerprint density at radius 3 is 2.47 bits per heavy atom. The number of carboxylic acid groups (broad SMARTS) is 1. The van der Waals surface area contributed by atoms with Crippen LogP contribution in [0.25, 0.3) is 11.3 Å². The molecule has 0 radical (unpaired) electrons. The molecule has 1 aromatic heterocycles. The highest BCUT2D eigenvalue weighted by Crippen LogP contribution is 2.15. The second-order valence-electron chi connectivity index (χ2n) is 3.74. The Kier molecular flexibility index (Phi) is 3.82. The van der Waals surface area contributed by atoms with Crippen LogP contribution in [-0.2, 0) is 4.79 Å². The number of rotatable bonds is 4. The summed E-state index contributed by atoms with van der Waals surface area (Å²) in [6.07, 6.45) is 4.79. The predicted molar refractivity (Wildman–Crippen MR) is 67.4 cm³/mol. The first-order chi connectivity index (χ1) is 9.16. The summed E-state index contributed by atoms with van der Waals surface area (Å²) in [5.41, 5.74) is 1.94. The molecule has 0 spiro atoms. The van der Waals surface area contributed by atoms with Crippen LogP contribution in [-0.4, -0.2) is 33.5 Å². The van der Waals surface area contributed by atoms with Crippen LogP contribution in [0.2, 0.25) is 0 Å². The Labute approximate surface area is 109 Å². The molecule has 1 aromatic carbocycles. The minimum absolute atomic E-state index is 0.397. The number of carboxylic acids is 1. The molecular weight excluding hydrogens is 246 g/mol. The molecule has 0 aliphatic heterocycles. The van der Waals surface area contributed by atoms with Gasteiger partial charge in [-0.15, -0.1) is 0 Å². The molecule has 19 heavy (non-hydrogen) atoms. The van der Waals surface area contributed by atoms with Crippen molar-refractivity contribution in [2.24, 2.45) is 0 Å². The fraction of sp³-hybridized carbons (Fsp3) is 0.0769. The smallest absolute Gasteiger partial charge is 0.322 e. The maximum atomic E-state index is 11.6. The molecular formula is C13H11N3O3. The van der Waals surface area contributed by atoms with Crippen LogP contribution < -0.4 is 5.32 Å². The van der Waals surface area contributed by atoms with Crippen molar-refractivity contribution in [3.8, 4) is 11.3 Å². The summed E-state index contributed by atoms with van der Waals surface area (Å²) in [7, 11) is 0. The zero-order valence-corrected chi connectivity index (χ0v) is 9.91. The topological polar surface area (TPSA) is 92.2 Å². The van der Waals surface area contributed by atoms with E-state index in [1.807, 2.05) is 0 Å². The number of aromatic nitrogens is 2. The van der Waals surface area contributed by atoms with Crippen LogP contribution >= 0.6 is 0 Å². The molecule has 0 unspecified atom stereocenters. The van der Waals surface area contributed by atoms with Gasteiger partial charge in [0.05, 0.1) is 11.9 Å². The molecule has 0 fully saturated rings. The molecule has 0 atom stereocenters. The molecule has 0 saturated heterocycles. The monoisotopic (exact) mass is 257 g/mol. The number of hydrogen-bond donors (Lipinski definition) is 2. The summed E-state index contributed by atoms with van der Waals surface area (Å²) in [5.74, 6) is -1.50. The molecule has 2 rings (SSSR count). The van der Waals surface area contributed by atoms with E-state index in [9.17, 15) is 9.59 Å². The van der Waals surface area contributed by atoms with Gasteiger partial charge in [0, 0.05) is 23.5 Å². The summed E-state index contributed by atoms with van der Waals surface area (Å²) < 4.78 is 0. The van der Waals surface area contributed by atoms with E-state index in [2.05, 4.69) is 15.3 Å².